The summed E-state index contributed by atoms with van der Waals surface area (Å²) in [6, 6.07) is 0. The van der Waals surface area contributed by atoms with Crippen LogP contribution < -0.4 is 5.32 Å². The lowest BCUT2D eigenvalue weighted by Gasteiger charge is -2.04. The maximum Gasteiger partial charge on any atom is 0.0431 e. The van der Waals surface area contributed by atoms with Crippen LogP contribution in [-0.4, -0.2) is 18.3 Å². The number of aliphatic hydroxyl groups is 1. The molecule has 0 unspecified atom stereocenters. The van der Waals surface area contributed by atoms with Crippen molar-refractivity contribution in [3.63, 3.8) is 0 Å². The minimum atomic E-state index is 0.335. The van der Waals surface area contributed by atoms with E-state index < -0.39 is 0 Å². The fourth-order valence-corrected chi connectivity index (χ4v) is 0.978. The van der Waals surface area contributed by atoms with Crippen LogP contribution in [0.5, 0.6) is 0 Å². The Labute approximate surface area is 75.7 Å². The molecule has 0 radical (unpaired) electrons. The Morgan fingerprint density at radius 2 is 1.92 bits per heavy atom. The average Bonchev–Trinajstić information content (AvgIpc) is 2.10. The number of aliphatic hydroxyl groups excluding tert-OH is 1. The van der Waals surface area contributed by atoms with Crippen LogP contribution in [0.3, 0.4) is 0 Å². The fourth-order valence-electron chi connectivity index (χ4n) is 0.978. The third kappa shape index (κ3) is 7.61. The minimum Gasteiger partial charge on any atom is -0.396 e. The number of allylic oxidation sites excluding steroid dienone is 2. The highest BCUT2D eigenvalue weighted by molar-refractivity contribution is 4.91. The van der Waals surface area contributed by atoms with Gasteiger partial charge in [0.15, 0.2) is 0 Å². The summed E-state index contributed by atoms with van der Waals surface area (Å²) in [7, 11) is 0. The molecule has 0 atom stereocenters. The standard InChI is InChI=1S/C10H21NO/c1-3-10(2)11-8-6-4-5-7-9-12/h3,11-12H,4-9H2,1-2H3/b10-3-. The SMILES string of the molecule is C/C=C(/C)NCCCCCCO. The molecule has 0 heterocycles. The fraction of sp³-hybridized carbons (Fsp3) is 0.800. The van der Waals surface area contributed by atoms with Gasteiger partial charge in [-0.25, -0.2) is 0 Å². The Bertz CT molecular complexity index is 121. The average molecular weight is 171 g/mol. The van der Waals surface area contributed by atoms with Gasteiger partial charge in [-0.3, -0.25) is 0 Å². The second kappa shape index (κ2) is 8.60. The molecule has 12 heavy (non-hydrogen) atoms. The highest BCUT2D eigenvalue weighted by Gasteiger charge is 1.89. The van der Waals surface area contributed by atoms with Crippen LogP contribution in [0.25, 0.3) is 0 Å². The van der Waals surface area contributed by atoms with Gasteiger partial charge in [-0.1, -0.05) is 18.9 Å². The molecule has 0 saturated heterocycles. The predicted molar refractivity (Wildman–Crippen MR) is 53.0 cm³/mol. The maximum atomic E-state index is 8.52. The smallest absolute Gasteiger partial charge is 0.0431 e. The van der Waals surface area contributed by atoms with Crippen LogP contribution in [0.15, 0.2) is 11.8 Å². The van der Waals surface area contributed by atoms with Crippen molar-refractivity contribution in [1.29, 1.82) is 0 Å². The lowest BCUT2D eigenvalue weighted by atomic mass is 10.2. The van der Waals surface area contributed by atoms with E-state index in [2.05, 4.69) is 18.3 Å². The first-order chi connectivity index (χ1) is 5.81. The van der Waals surface area contributed by atoms with E-state index in [1.54, 1.807) is 0 Å². The summed E-state index contributed by atoms with van der Waals surface area (Å²) in [6.07, 6.45) is 6.58. The highest BCUT2D eigenvalue weighted by atomic mass is 16.2. The summed E-state index contributed by atoms with van der Waals surface area (Å²) in [5.41, 5.74) is 1.25. The molecular formula is C10H21NO. The van der Waals surface area contributed by atoms with Gasteiger partial charge < -0.3 is 10.4 Å². The Kier molecular flexibility index (Phi) is 8.24. The number of nitrogens with one attached hydrogen (secondary N) is 1. The van der Waals surface area contributed by atoms with Gasteiger partial charge in [0.1, 0.15) is 0 Å². The van der Waals surface area contributed by atoms with Crippen molar-refractivity contribution in [2.75, 3.05) is 13.2 Å². The van der Waals surface area contributed by atoms with Crippen molar-refractivity contribution < 1.29 is 5.11 Å². The zero-order valence-electron chi connectivity index (χ0n) is 8.27. The zero-order chi connectivity index (χ0) is 9.23. The Morgan fingerprint density at radius 3 is 2.50 bits per heavy atom. The molecule has 0 aliphatic heterocycles. The summed E-state index contributed by atoms with van der Waals surface area (Å²) in [6.45, 7) is 5.50. The molecule has 0 bridgehead atoms. The topological polar surface area (TPSA) is 32.3 Å². The zero-order valence-corrected chi connectivity index (χ0v) is 8.27. The first-order valence-corrected chi connectivity index (χ1v) is 4.79. The normalized spacial score (nSPS) is 11.8. The molecule has 2 N–H and O–H groups in total. The summed E-state index contributed by atoms with van der Waals surface area (Å²) >= 11 is 0. The molecule has 0 spiro atoms. The molecule has 0 saturated carbocycles. The molecule has 0 aliphatic carbocycles. The molecule has 0 fully saturated rings. The lowest BCUT2D eigenvalue weighted by molar-refractivity contribution is 0.282. The van der Waals surface area contributed by atoms with Crippen molar-refractivity contribution >= 4 is 0 Å². The van der Waals surface area contributed by atoms with E-state index in [9.17, 15) is 0 Å². The molecule has 2 nitrogen and oxygen atoms in total. The largest absolute Gasteiger partial charge is 0.396 e. The van der Waals surface area contributed by atoms with Gasteiger partial charge in [-0.2, -0.15) is 0 Å². The molecule has 0 aromatic heterocycles. The Balaban J connectivity index is 3.00. The van der Waals surface area contributed by atoms with E-state index >= 15 is 0 Å². The first kappa shape index (κ1) is 11.5. The Morgan fingerprint density at radius 1 is 1.25 bits per heavy atom. The summed E-state index contributed by atoms with van der Waals surface area (Å²) in [5.74, 6) is 0. The van der Waals surface area contributed by atoms with E-state index in [4.69, 9.17) is 5.11 Å². The van der Waals surface area contributed by atoms with Gasteiger partial charge >= 0.3 is 0 Å². The van der Waals surface area contributed by atoms with E-state index in [0.717, 1.165) is 19.4 Å². The van der Waals surface area contributed by atoms with Gasteiger partial charge in [-0.05, 0) is 26.7 Å². The van der Waals surface area contributed by atoms with Crippen molar-refractivity contribution in [2.45, 2.75) is 39.5 Å². The van der Waals surface area contributed by atoms with Crippen LogP contribution >= 0.6 is 0 Å². The van der Waals surface area contributed by atoms with Crippen molar-refractivity contribution in [1.82, 2.24) is 5.32 Å². The van der Waals surface area contributed by atoms with Gasteiger partial charge in [0, 0.05) is 18.8 Å². The molecular weight excluding hydrogens is 150 g/mol. The van der Waals surface area contributed by atoms with Crippen LogP contribution in [0.2, 0.25) is 0 Å². The van der Waals surface area contributed by atoms with Crippen LogP contribution in [0.1, 0.15) is 39.5 Å². The van der Waals surface area contributed by atoms with Gasteiger partial charge in [-0.15, -0.1) is 0 Å². The number of hydrogen-bond donors (Lipinski definition) is 2. The molecule has 0 aromatic carbocycles. The molecule has 72 valence electrons. The molecule has 0 amide bonds. The van der Waals surface area contributed by atoms with Crippen LogP contribution in [0, 0.1) is 0 Å². The van der Waals surface area contributed by atoms with E-state index in [0.29, 0.717) is 6.61 Å². The van der Waals surface area contributed by atoms with Crippen LogP contribution in [-0.2, 0) is 0 Å². The Hall–Kier alpha value is -0.500. The van der Waals surface area contributed by atoms with E-state index in [1.807, 2.05) is 6.92 Å². The second-order valence-corrected chi connectivity index (χ2v) is 3.04. The van der Waals surface area contributed by atoms with Gasteiger partial charge in [0.2, 0.25) is 0 Å². The third-order valence-corrected chi connectivity index (χ3v) is 1.92. The van der Waals surface area contributed by atoms with Gasteiger partial charge in [0.25, 0.3) is 0 Å². The third-order valence-electron chi connectivity index (χ3n) is 1.92. The lowest BCUT2D eigenvalue weighted by Crippen LogP contribution is -2.12. The van der Waals surface area contributed by atoms with E-state index in [-0.39, 0.29) is 0 Å². The molecule has 2 heteroatoms. The van der Waals surface area contributed by atoms with E-state index in [1.165, 1.54) is 18.5 Å². The molecule has 0 aliphatic rings. The van der Waals surface area contributed by atoms with Crippen molar-refractivity contribution in [3.05, 3.63) is 11.8 Å². The van der Waals surface area contributed by atoms with Crippen LogP contribution in [0.4, 0.5) is 0 Å². The summed E-state index contributed by atoms with van der Waals surface area (Å²) in [4.78, 5) is 0. The number of rotatable bonds is 7. The minimum absolute atomic E-state index is 0.335. The molecule has 0 aromatic rings. The maximum absolute atomic E-state index is 8.52. The summed E-state index contributed by atoms with van der Waals surface area (Å²) < 4.78 is 0. The summed E-state index contributed by atoms with van der Waals surface area (Å²) in [5, 5.41) is 11.8. The second-order valence-electron chi connectivity index (χ2n) is 3.04. The number of unbranched alkanes of at least 4 members (excludes halogenated alkanes) is 3. The number of hydrogen-bond acceptors (Lipinski definition) is 2. The quantitative estimate of drug-likeness (QED) is 0.575. The van der Waals surface area contributed by atoms with Gasteiger partial charge in [0.05, 0.1) is 0 Å². The monoisotopic (exact) mass is 171 g/mol. The molecule has 0 rings (SSSR count). The predicted octanol–water partition coefficient (Wildman–Crippen LogP) is 2.05. The van der Waals surface area contributed by atoms with Crippen molar-refractivity contribution in [2.24, 2.45) is 0 Å². The first-order valence-electron chi connectivity index (χ1n) is 4.79. The van der Waals surface area contributed by atoms with Crippen molar-refractivity contribution in [3.8, 4) is 0 Å². The highest BCUT2D eigenvalue weighted by Crippen LogP contribution is 1.98.